The molecule has 1 amide bonds. The molecule has 20 heavy (non-hydrogen) atoms. The molecular weight excluding hydrogens is 265 g/mol. The number of carbonyl (C=O) groups is 1. The molecule has 0 radical (unpaired) electrons. The molecule has 0 aliphatic heterocycles. The molecule has 6 heteroatoms. The molecule has 1 aromatic heterocycles. The molecular formula is C14H14FNO4. The third-order valence-corrected chi connectivity index (χ3v) is 2.48. The summed E-state index contributed by atoms with van der Waals surface area (Å²) in [6.45, 7) is 0.173. The van der Waals surface area contributed by atoms with Gasteiger partial charge in [0.25, 0.3) is 5.91 Å². The third-order valence-electron chi connectivity index (χ3n) is 2.48. The molecule has 0 unspecified atom stereocenters. The minimum atomic E-state index is -0.396. The van der Waals surface area contributed by atoms with Gasteiger partial charge < -0.3 is 19.6 Å². The molecule has 0 saturated carbocycles. The summed E-state index contributed by atoms with van der Waals surface area (Å²) in [6.07, 6.45) is 0. The van der Waals surface area contributed by atoms with Crippen LogP contribution in [-0.4, -0.2) is 24.2 Å². The molecule has 0 atom stereocenters. The zero-order chi connectivity index (χ0) is 14.4. The van der Waals surface area contributed by atoms with E-state index in [0.717, 1.165) is 0 Å². The second-order valence-corrected chi connectivity index (χ2v) is 3.99. The van der Waals surface area contributed by atoms with E-state index < -0.39 is 5.91 Å². The van der Waals surface area contributed by atoms with Gasteiger partial charge in [-0.3, -0.25) is 4.79 Å². The fourth-order valence-corrected chi connectivity index (χ4v) is 1.52. The first-order valence-corrected chi connectivity index (χ1v) is 6.05. The van der Waals surface area contributed by atoms with Crippen LogP contribution < -0.4 is 10.1 Å². The Labute approximate surface area is 115 Å². The molecule has 1 aromatic carbocycles. The number of amides is 1. The lowest BCUT2D eigenvalue weighted by Crippen LogP contribution is -2.25. The first-order chi connectivity index (χ1) is 9.69. The molecule has 2 N–H and O–H groups in total. The van der Waals surface area contributed by atoms with Crippen LogP contribution in [0.3, 0.4) is 0 Å². The summed E-state index contributed by atoms with van der Waals surface area (Å²) in [5, 5.41) is 11.1. The SMILES string of the molecule is O=C(NCCO)c1ccc(COc2ccc(F)cc2)o1. The highest BCUT2D eigenvalue weighted by Crippen LogP contribution is 2.15. The maximum atomic E-state index is 12.7. The number of aliphatic hydroxyl groups excluding tert-OH is 1. The Bertz CT molecular complexity index is 565. The van der Waals surface area contributed by atoms with Crippen molar-refractivity contribution in [3.05, 3.63) is 53.7 Å². The quantitative estimate of drug-likeness (QED) is 0.844. The van der Waals surface area contributed by atoms with Crippen molar-refractivity contribution >= 4 is 5.91 Å². The number of benzene rings is 1. The maximum Gasteiger partial charge on any atom is 0.287 e. The normalized spacial score (nSPS) is 10.3. The van der Waals surface area contributed by atoms with Crippen molar-refractivity contribution in [1.82, 2.24) is 5.32 Å². The average Bonchev–Trinajstić information content (AvgIpc) is 2.93. The molecule has 2 aromatic rings. The smallest absolute Gasteiger partial charge is 0.287 e. The molecule has 0 bridgehead atoms. The second-order valence-electron chi connectivity index (χ2n) is 3.99. The van der Waals surface area contributed by atoms with E-state index in [-0.39, 0.29) is 31.3 Å². The Balaban J connectivity index is 1.89. The summed E-state index contributed by atoms with van der Waals surface area (Å²) in [4.78, 5) is 11.5. The van der Waals surface area contributed by atoms with Gasteiger partial charge in [0, 0.05) is 6.54 Å². The van der Waals surface area contributed by atoms with Crippen molar-refractivity contribution in [3.63, 3.8) is 0 Å². The highest BCUT2D eigenvalue weighted by Gasteiger charge is 2.10. The molecule has 0 aliphatic carbocycles. The van der Waals surface area contributed by atoms with Gasteiger partial charge in [-0.15, -0.1) is 0 Å². The van der Waals surface area contributed by atoms with Crippen LogP contribution in [0.25, 0.3) is 0 Å². The number of aliphatic hydroxyl groups is 1. The number of nitrogens with one attached hydrogen (secondary N) is 1. The fraction of sp³-hybridized carbons (Fsp3) is 0.214. The van der Waals surface area contributed by atoms with E-state index in [1.165, 1.54) is 30.3 Å². The predicted octanol–water partition coefficient (Wildman–Crippen LogP) is 1.72. The Hall–Kier alpha value is -2.34. The first kappa shape index (κ1) is 14.1. The zero-order valence-corrected chi connectivity index (χ0v) is 10.6. The van der Waals surface area contributed by atoms with Gasteiger partial charge in [-0.25, -0.2) is 4.39 Å². The van der Waals surface area contributed by atoms with Gasteiger partial charge in [0.05, 0.1) is 6.61 Å². The average molecular weight is 279 g/mol. The van der Waals surface area contributed by atoms with Crippen molar-refractivity contribution < 1.29 is 23.4 Å². The van der Waals surface area contributed by atoms with Gasteiger partial charge in [-0.1, -0.05) is 0 Å². The van der Waals surface area contributed by atoms with E-state index in [4.69, 9.17) is 14.3 Å². The van der Waals surface area contributed by atoms with Crippen LogP contribution >= 0.6 is 0 Å². The van der Waals surface area contributed by atoms with E-state index >= 15 is 0 Å². The summed E-state index contributed by atoms with van der Waals surface area (Å²) in [5.41, 5.74) is 0. The number of carbonyl (C=O) groups excluding carboxylic acids is 1. The molecule has 0 saturated heterocycles. The van der Waals surface area contributed by atoms with Gasteiger partial charge in [-0.2, -0.15) is 0 Å². The van der Waals surface area contributed by atoms with E-state index in [9.17, 15) is 9.18 Å². The Kier molecular flexibility index (Phi) is 4.73. The monoisotopic (exact) mass is 279 g/mol. The summed E-state index contributed by atoms with van der Waals surface area (Å²) in [7, 11) is 0. The van der Waals surface area contributed by atoms with E-state index in [1.807, 2.05) is 0 Å². The Morgan fingerprint density at radius 3 is 2.70 bits per heavy atom. The number of furan rings is 1. The Morgan fingerprint density at radius 1 is 1.25 bits per heavy atom. The highest BCUT2D eigenvalue weighted by molar-refractivity contribution is 5.91. The number of hydrogen-bond acceptors (Lipinski definition) is 4. The summed E-state index contributed by atoms with van der Waals surface area (Å²) in [6, 6.07) is 8.75. The van der Waals surface area contributed by atoms with Crippen molar-refractivity contribution in [2.75, 3.05) is 13.2 Å². The van der Waals surface area contributed by atoms with Gasteiger partial charge in [0.1, 0.15) is 23.9 Å². The molecule has 0 spiro atoms. The number of halogens is 1. The number of ether oxygens (including phenoxy) is 1. The van der Waals surface area contributed by atoms with Gasteiger partial charge in [0.15, 0.2) is 5.76 Å². The van der Waals surface area contributed by atoms with E-state index in [0.29, 0.717) is 11.5 Å². The van der Waals surface area contributed by atoms with Crippen LogP contribution in [-0.2, 0) is 6.61 Å². The summed E-state index contributed by atoms with van der Waals surface area (Å²) in [5.74, 6) is 0.402. The van der Waals surface area contributed by atoms with Crippen molar-refractivity contribution in [1.29, 1.82) is 0 Å². The fourth-order valence-electron chi connectivity index (χ4n) is 1.52. The second kappa shape index (κ2) is 6.72. The van der Waals surface area contributed by atoms with E-state index in [1.54, 1.807) is 6.07 Å². The van der Waals surface area contributed by atoms with Gasteiger partial charge >= 0.3 is 0 Å². The van der Waals surface area contributed by atoms with Crippen LogP contribution in [0.2, 0.25) is 0 Å². The minimum absolute atomic E-state index is 0.132. The third kappa shape index (κ3) is 3.83. The molecule has 0 aliphatic rings. The summed E-state index contributed by atoms with van der Waals surface area (Å²) >= 11 is 0. The topological polar surface area (TPSA) is 71.7 Å². The predicted molar refractivity (Wildman–Crippen MR) is 68.9 cm³/mol. The Morgan fingerprint density at radius 2 is 2.00 bits per heavy atom. The standard InChI is InChI=1S/C14H14FNO4/c15-10-1-3-11(4-2-10)19-9-12-5-6-13(20-12)14(18)16-7-8-17/h1-6,17H,7-9H2,(H,16,18). The van der Waals surface area contributed by atoms with Crippen molar-refractivity contribution in [3.8, 4) is 5.75 Å². The lowest BCUT2D eigenvalue weighted by atomic mass is 10.3. The zero-order valence-electron chi connectivity index (χ0n) is 10.6. The molecule has 5 nitrogen and oxygen atoms in total. The minimum Gasteiger partial charge on any atom is -0.486 e. The number of rotatable bonds is 6. The van der Waals surface area contributed by atoms with Gasteiger partial charge in [0.2, 0.25) is 0 Å². The van der Waals surface area contributed by atoms with Crippen LogP contribution in [0.1, 0.15) is 16.3 Å². The van der Waals surface area contributed by atoms with Crippen molar-refractivity contribution in [2.24, 2.45) is 0 Å². The largest absolute Gasteiger partial charge is 0.486 e. The van der Waals surface area contributed by atoms with Crippen molar-refractivity contribution in [2.45, 2.75) is 6.61 Å². The first-order valence-electron chi connectivity index (χ1n) is 6.05. The lowest BCUT2D eigenvalue weighted by Gasteiger charge is -2.03. The number of hydrogen-bond donors (Lipinski definition) is 2. The molecule has 0 fully saturated rings. The van der Waals surface area contributed by atoms with Gasteiger partial charge in [-0.05, 0) is 36.4 Å². The van der Waals surface area contributed by atoms with E-state index in [2.05, 4.69) is 5.32 Å². The van der Waals surface area contributed by atoms with Crippen LogP contribution in [0.5, 0.6) is 5.75 Å². The summed E-state index contributed by atoms with van der Waals surface area (Å²) < 4.78 is 23.4. The lowest BCUT2D eigenvalue weighted by molar-refractivity contribution is 0.0913. The van der Waals surface area contributed by atoms with Crippen LogP contribution in [0.15, 0.2) is 40.8 Å². The maximum absolute atomic E-state index is 12.7. The molecule has 1 heterocycles. The molecule has 2 rings (SSSR count). The van der Waals surface area contributed by atoms with Crippen LogP contribution in [0.4, 0.5) is 4.39 Å². The molecule has 106 valence electrons. The highest BCUT2D eigenvalue weighted by atomic mass is 19.1. The van der Waals surface area contributed by atoms with Crippen LogP contribution in [0, 0.1) is 5.82 Å².